The van der Waals surface area contributed by atoms with Crippen molar-refractivity contribution < 1.29 is 18.7 Å². The van der Waals surface area contributed by atoms with Gasteiger partial charge in [-0.1, -0.05) is 48.0 Å². The molecule has 0 bridgehead atoms. The fourth-order valence-corrected chi connectivity index (χ4v) is 3.65. The summed E-state index contributed by atoms with van der Waals surface area (Å²) in [6.45, 7) is 0.155. The summed E-state index contributed by atoms with van der Waals surface area (Å²) < 4.78 is 26.7. The summed E-state index contributed by atoms with van der Waals surface area (Å²) in [6, 6.07) is 17.7. The van der Waals surface area contributed by atoms with Crippen LogP contribution in [0, 0.1) is 11.6 Å². The third-order valence-electron chi connectivity index (χ3n) is 4.91. The first-order valence-corrected chi connectivity index (χ1v) is 9.32. The second-order valence-electron chi connectivity index (χ2n) is 6.78. The van der Waals surface area contributed by atoms with E-state index in [4.69, 9.17) is 11.6 Å². The van der Waals surface area contributed by atoms with Gasteiger partial charge in [-0.2, -0.15) is 0 Å². The van der Waals surface area contributed by atoms with Crippen molar-refractivity contribution in [2.75, 3.05) is 0 Å². The maximum atomic E-state index is 13.5. The smallest absolute Gasteiger partial charge is 0.290 e. The fraction of sp³-hybridized carbons (Fsp3) is 0.0870. The number of aliphatic hydroxyl groups is 1. The minimum Gasteiger partial charge on any atom is -0.503 e. The lowest BCUT2D eigenvalue weighted by Gasteiger charge is -2.27. The summed E-state index contributed by atoms with van der Waals surface area (Å²) in [7, 11) is 0. The minimum absolute atomic E-state index is 0.155. The Kier molecular flexibility index (Phi) is 5.07. The molecular formula is C23H16ClF2NO2. The van der Waals surface area contributed by atoms with E-state index in [2.05, 4.69) is 0 Å². The van der Waals surface area contributed by atoms with Gasteiger partial charge in [0.05, 0.1) is 6.04 Å². The predicted molar refractivity (Wildman–Crippen MR) is 107 cm³/mol. The Balaban J connectivity index is 1.80. The normalized spacial score (nSPS) is 16.6. The lowest BCUT2D eigenvalue weighted by atomic mass is 9.93. The van der Waals surface area contributed by atoms with Gasteiger partial charge < -0.3 is 10.0 Å². The Morgan fingerprint density at radius 2 is 1.41 bits per heavy atom. The summed E-state index contributed by atoms with van der Waals surface area (Å²) >= 11 is 5.97. The summed E-state index contributed by atoms with van der Waals surface area (Å²) in [4.78, 5) is 14.4. The molecule has 146 valence electrons. The first-order chi connectivity index (χ1) is 13.9. The number of benzene rings is 3. The largest absolute Gasteiger partial charge is 0.503 e. The highest BCUT2D eigenvalue weighted by atomic mass is 35.5. The van der Waals surface area contributed by atoms with E-state index in [0.717, 1.165) is 0 Å². The molecule has 0 aliphatic carbocycles. The van der Waals surface area contributed by atoms with E-state index in [1.54, 1.807) is 48.5 Å². The number of carbonyl (C=O) groups is 1. The number of nitrogens with zero attached hydrogens (tertiary/aromatic N) is 1. The quantitative estimate of drug-likeness (QED) is 0.600. The Morgan fingerprint density at radius 1 is 0.862 bits per heavy atom. The Bertz CT molecular complexity index is 1080. The van der Waals surface area contributed by atoms with Crippen molar-refractivity contribution in [1.29, 1.82) is 0 Å². The van der Waals surface area contributed by atoms with Gasteiger partial charge in [-0.15, -0.1) is 0 Å². The van der Waals surface area contributed by atoms with Crippen LogP contribution >= 0.6 is 11.6 Å². The summed E-state index contributed by atoms with van der Waals surface area (Å²) in [6.07, 6.45) is 0. The molecule has 0 spiro atoms. The molecule has 0 aromatic heterocycles. The molecule has 3 nitrogen and oxygen atoms in total. The zero-order valence-electron chi connectivity index (χ0n) is 15.1. The number of hydrogen-bond donors (Lipinski definition) is 1. The second kappa shape index (κ2) is 7.68. The van der Waals surface area contributed by atoms with Gasteiger partial charge in [-0.3, -0.25) is 4.79 Å². The van der Waals surface area contributed by atoms with Crippen LogP contribution in [0.15, 0.2) is 78.6 Å². The maximum absolute atomic E-state index is 13.5. The van der Waals surface area contributed by atoms with Crippen molar-refractivity contribution in [3.05, 3.63) is 112 Å². The fourth-order valence-electron chi connectivity index (χ4n) is 3.52. The number of aliphatic hydroxyl groups excluding tert-OH is 1. The van der Waals surface area contributed by atoms with E-state index in [1.807, 2.05) is 0 Å². The minimum atomic E-state index is -0.630. The molecule has 1 atom stereocenters. The van der Waals surface area contributed by atoms with Crippen LogP contribution in [0.2, 0.25) is 5.02 Å². The first kappa shape index (κ1) is 19.2. The lowest BCUT2D eigenvalue weighted by Crippen LogP contribution is -2.29. The summed E-state index contributed by atoms with van der Waals surface area (Å²) in [5.41, 5.74) is 2.41. The molecule has 1 amide bonds. The van der Waals surface area contributed by atoms with Gasteiger partial charge in [0.2, 0.25) is 0 Å². The average molecular weight is 412 g/mol. The molecule has 1 aliphatic heterocycles. The molecule has 29 heavy (non-hydrogen) atoms. The molecule has 0 fully saturated rings. The third kappa shape index (κ3) is 3.74. The zero-order valence-corrected chi connectivity index (χ0v) is 15.9. The Morgan fingerprint density at radius 3 is 2.00 bits per heavy atom. The van der Waals surface area contributed by atoms with Crippen LogP contribution in [-0.4, -0.2) is 15.9 Å². The number of rotatable bonds is 4. The van der Waals surface area contributed by atoms with Crippen molar-refractivity contribution in [3.63, 3.8) is 0 Å². The molecule has 0 saturated carbocycles. The van der Waals surface area contributed by atoms with Crippen LogP contribution in [0.3, 0.4) is 0 Å². The number of carbonyl (C=O) groups excluding carboxylic acids is 1. The van der Waals surface area contributed by atoms with Crippen LogP contribution < -0.4 is 0 Å². The third-order valence-corrected chi connectivity index (χ3v) is 5.16. The van der Waals surface area contributed by atoms with Crippen LogP contribution in [0.4, 0.5) is 8.78 Å². The van der Waals surface area contributed by atoms with E-state index < -0.39 is 17.8 Å². The standard InChI is InChI=1S/C23H16ClF2NO2/c24-17-7-3-15(4-8-17)20-21(16-5-11-19(26)12-6-16)27(23(29)22(20)28)13-14-1-9-18(25)10-2-14/h1-12,21,28H,13H2/t21-/m0/s1. The van der Waals surface area contributed by atoms with E-state index in [-0.39, 0.29) is 18.1 Å². The Hall–Kier alpha value is -3.18. The zero-order chi connectivity index (χ0) is 20.5. The van der Waals surface area contributed by atoms with Gasteiger partial charge in [-0.05, 0) is 53.1 Å². The van der Waals surface area contributed by atoms with Gasteiger partial charge in [0.25, 0.3) is 5.91 Å². The van der Waals surface area contributed by atoms with Gasteiger partial charge in [-0.25, -0.2) is 8.78 Å². The number of halogens is 3. The highest BCUT2D eigenvalue weighted by Gasteiger charge is 2.41. The molecule has 1 N–H and O–H groups in total. The molecule has 0 saturated heterocycles. The van der Waals surface area contributed by atoms with Gasteiger partial charge in [0.1, 0.15) is 11.6 Å². The molecule has 1 aliphatic rings. The Labute approximate surface area is 171 Å². The molecule has 4 rings (SSSR count). The van der Waals surface area contributed by atoms with E-state index in [1.165, 1.54) is 29.2 Å². The van der Waals surface area contributed by atoms with Crippen molar-refractivity contribution in [2.24, 2.45) is 0 Å². The molecule has 0 unspecified atom stereocenters. The SMILES string of the molecule is O=C1C(O)=C(c2ccc(Cl)cc2)[C@H](c2ccc(F)cc2)N1Cc1ccc(F)cc1. The molecular weight excluding hydrogens is 396 g/mol. The van der Waals surface area contributed by atoms with Gasteiger partial charge in [0, 0.05) is 17.1 Å². The van der Waals surface area contributed by atoms with Crippen molar-refractivity contribution >= 4 is 23.1 Å². The topological polar surface area (TPSA) is 40.5 Å². The van der Waals surface area contributed by atoms with Crippen molar-refractivity contribution in [3.8, 4) is 0 Å². The first-order valence-electron chi connectivity index (χ1n) is 8.94. The molecule has 6 heteroatoms. The van der Waals surface area contributed by atoms with Gasteiger partial charge in [0.15, 0.2) is 5.76 Å². The van der Waals surface area contributed by atoms with Crippen LogP contribution in [-0.2, 0) is 11.3 Å². The molecule has 1 heterocycles. The van der Waals surface area contributed by atoms with Gasteiger partial charge >= 0.3 is 0 Å². The number of hydrogen-bond acceptors (Lipinski definition) is 2. The monoisotopic (exact) mass is 411 g/mol. The summed E-state index contributed by atoms with van der Waals surface area (Å²) in [5.74, 6) is -1.69. The van der Waals surface area contributed by atoms with Crippen LogP contribution in [0.5, 0.6) is 0 Å². The molecule has 3 aromatic rings. The van der Waals surface area contributed by atoms with E-state index in [0.29, 0.717) is 27.3 Å². The highest BCUT2D eigenvalue weighted by Crippen LogP contribution is 2.43. The number of amides is 1. The van der Waals surface area contributed by atoms with Crippen molar-refractivity contribution in [1.82, 2.24) is 4.90 Å². The van der Waals surface area contributed by atoms with E-state index in [9.17, 15) is 18.7 Å². The lowest BCUT2D eigenvalue weighted by molar-refractivity contribution is -0.130. The van der Waals surface area contributed by atoms with Crippen LogP contribution in [0.1, 0.15) is 22.7 Å². The summed E-state index contributed by atoms with van der Waals surface area (Å²) in [5, 5.41) is 11.2. The maximum Gasteiger partial charge on any atom is 0.290 e. The molecule has 0 radical (unpaired) electrons. The average Bonchev–Trinajstić information content (AvgIpc) is 2.96. The van der Waals surface area contributed by atoms with Crippen LogP contribution in [0.25, 0.3) is 5.57 Å². The van der Waals surface area contributed by atoms with E-state index >= 15 is 0 Å². The second-order valence-corrected chi connectivity index (χ2v) is 7.22. The molecule has 3 aromatic carbocycles. The van der Waals surface area contributed by atoms with Crippen molar-refractivity contribution in [2.45, 2.75) is 12.6 Å². The predicted octanol–water partition coefficient (Wildman–Crippen LogP) is 5.67. The highest BCUT2D eigenvalue weighted by molar-refractivity contribution is 6.30.